The molecule has 3 N–H and O–H groups in total. The molecular formula is C24H44O5. The zero-order valence-corrected chi connectivity index (χ0v) is 18.8. The second-order valence-electron chi connectivity index (χ2n) is 8.19. The normalized spacial score (nSPS) is 13.2. The van der Waals surface area contributed by atoms with Gasteiger partial charge in [-0.25, -0.2) is 4.79 Å². The first-order chi connectivity index (χ1) is 13.9. The van der Waals surface area contributed by atoms with Crippen LogP contribution in [-0.4, -0.2) is 33.2 Å². The minimum absolute atomic E-state index is 0.200. The number of hydrogen-bond acceptors (Lipinski definition) is 4. The van der Waals surface area contributed by atoms with E-state index in [0.29, 0.717) is 12.8 Å². The average Bonchev–Trinajstić information content (AvgIpc) is 2.66. The Bertz CT molecular complexity index is 470. The number of rotatable bonds is 20. The molecule has 5 heteroatoms. The number of carboxylic acid groups (broad SMARTS) is 1. The van der Waals surface area contributed by atoms with Gasteiger partial charge in [0.2, 0.25) is 0 Å². The van der Waals surface area contributed by atoms with Gasteiger partial charge in [0.25, 0.3) is 0 Å². The van der Waals surface area contributed by atoms with Crippen LogP contribution in [0.25, 0.3) is 0 Å². The molecule has 0 aromatic carbocycles. The van der Waals surface area contributed by atoms with E-state index in [1.807, 2.05) is 0 Å². The second-order valence-corrected chi connectivity index (χ2v) is 8.19. The zero-order chi connectivity index (χ0) is 21.9. The first-order valence-corrected chi connectivity index (χ1v) is 11.8. The first-order valence-electron chi connectivity index (χ1n) is 11.8. The van der Waals surface area contributed by atoms with Crippen LogP contribution in [0.15, 0.2) is 11.3 Å². The highest BCUT2D eigenvalue weighted by atomic mass is 16.4. The van der Waals surface area contributed by atoms with Gasteiger partial charge in [-0.05, 0) is 12.8 Å². The van der Waals surface area contributed by atoms with Gasteiger partial charge in [-0.15, -0.1) is 0 Å². The lowest BCUT2D eigenvalue weighted by Crippen LogP contribution is -2.21. The average molecular weight is 413 g/mol. The summed E-state index contributed by atoms with van der Waals surface area (Å²) in [4.78, 5) is 23.7. The van der Waals surface area contributed by atoms with E-state index in [4.69, 9.17) is 0 Å². The molecule has 29 heavy (non-hydrogen) atoms. The van der Waals surface area contributed by atoms with Crippen molar-refractivity contribution in [2.75, 3.05) is 0 Å². The third-order valence-electron chi connectivity index (χ3n) is 5.36. The molecule has 0 amide bonds. The molecule has 0 saturated carbocycles. The van der Waals surface area contributed by atoms with Crippen LogP contribution in [0, 0.1) is 0 Å². The summed E-state index contributed by atoms with van der Waals surface area (Å²) < 4.78 is 0. The monoisotopic (exact) mass is 412 g/mol. The molecule has 0 rings (SSSR count). The van der Waals surface area contributed by atoms with Crippen LogP contribution < -0.4 is 0 Å². The number of ketones is 1. The molecule has 1 unspecified atom stereocenters. The molecule has 0 aromatic heterocycles. The number of aliphatic hydroxyl groups is 2. The Morgan fingerprint density at radius 3 is 1.62 bits per heavy atom. The summed E-state index contributed by atoms with van der Waals surface area (Å²) in [5.41, 5.74) is -0.549. The van der Waals surface area contributed by atoms with Gasteiger partial charge in [-0.1, -0.05) is 97.3 Å². The van der Waals surface area contributed by atoms with Crippen LogP contribution in [0.5, 0.6) is 0 Å². The summed E-state index contributed by atoms with van der Waals surface area (Å²) in [6, 6.07) is 0. The zero-order valence-electron chi connectivity index (χ0n) is 18.8. The number of aliphatic carboxylic acids is 1. The Balaban J connectivity index is 4.16. The van der Waals surface area contributed by atoms with Crippen molar-refractivity contribution in [2.24, 2.45) is 0 Å². The highest BCUT2D eigenvalue weighted by molar-refractivity contribution is 6.17. The third-order valence-corrected chi connectivity index (χ3v) is 5.36. The molecule has 0 heterocycles. The van der Waals surface area contributed by atoms with Crippen molar-refractivity contribution in [3.8, 4) is 0 Å². The number of unbranched alkanes of at least 4 members (excludes halogenated alkanes) is 12. The number of allylic oxidation sites excluding steroid dienone is 1. The van der Waals surface area contributed by atoms with E-state index in [2.05, 4.69) is 13.8 Å². The molecule has 0 radical (unpaired) electrons. The Labute approximate surface area is 177 Å². The lowest BCUT2D eigenvalue weighted by molar-refractivity contribution is -0.135. The van der Waals surface area contributed by atoms with Gasteiger partial charge in [-0.2, -0.15) is 0 Å². The van der Waals surface area contributed by atoms with Crippen LogP contribution in [0.2, 0.25) is 0 Å². The maximum absolute atomic E-state index is 12.3. The molecular weight excluding hydrogens is 368 g/mol. The molecule has 1 atom stereocenters. The van der Waals surface area contributed by atoms with Crippen molar-refractivity contribution < 1.29 is 24.9 Å². The lowest BCUT2D eigenvalue weighted by Gasteiger charge is -2.11. The standard InChI is InChI=1S/C24H44O5/c1-3-5-7-9-10-11-12-14-15-17-20(25)19-22(27)23(24(28)29)21(26)18-16-13-8-6-4-2/h20,25-26H,3-19H2,1-2H3,(H,28,29). The molecule has 0 aliphatic carbocycles. The van der Waals surface area contributed by atoms with Gasteiger partial charge in [-0.3, -0.25) is 4.79 Å². The molecule has 0 aromatic rings. The van der Waals surface area contributed by atoms with Crippen molar-refractivity contribution in [3.05, 3.63) is 11.3 Å². The SMILES string of the molecule is CCCCCCCCCCCC(O)CC(=O)C(C(=O)O)=C(O)CCCCCCC. The number of carboxylic acids is 1. The van der Waals surface area contributed by atoms with Gasteiger partial charge in [0, 0.05) is 12.8 Å². The van der Waals surface area contributed by atoms with E-state index in [9.17, 15) is 24.9 Å². The molecule has 0 spiro atoms. The van der Waals surface area contributed by atoms with Crippen molar-refractivity contribution >= 4 is 11.8 Å². The number of hydrogen-bond donors (Lipinski definition) is 3. The molecule has 170 valence electrons. The second kappa shape index (κ2) is 18.7. The number of aliphatic hydroxyl groups excluding tert-OH is 2. The van der Waals surface area contributed by atoms with Crippen LogP contribution in [-0.2, 0) is 9.59 Å². The van der Waals surface area contributed by atoms with E-state index in [1.165, 1.54) is 38.5 Å². The number of carbonyl (C=O) groups excluding carboxylic acids is 1. The smallest absolute Gasteiger partial charge is 0.342 e. The minimum atomic E-state index is -1.41. The van der Waals surface area contributed by atoms with E-state index < -0.39 is 23.4 Å². The molecule has 5 nitrogen and oxygen atoms in total. The summed E-state index contributed by atoms with van der Waals surface area (Å²) >= 11 is 0. The summed E-state index contributed by atoms with van der Waals surface area (Å²) in [6.45, 7) is 4.32. The van der Waals surface area contributed by atoms with Gasteiger partial charge in [0.05, 0.1) is 6.10 Å². The predicted octanol–water partition coefficient (Wildman–Crippen LogP) is 6.48. The molecule has 0 saturated heterocycles. The molecule has 0 bridgehead atoms. The topological polar surface area (TPSA) is 94.8 Å². The number of Topliss-reactive ketones (excluding diaryl/α,β-unsaturated/α-hetero) is 1. The van der Waals surface area contributed by atoms with Gasteiger partial charge >= 0.3 is 5.97 Å². The molecule has 0 aliphatic rings. The van der Waals surface area contributed by atoms with Crippen molar-refractivity contribution in [1.29, 1.82) is 0 Å². The van der Waals surface area contributed by atoms with Crippen molar-refractivity contribution in [2.45, 2.75) is 129 Å². The fraction of sp³-hybridized carbons (Fsp3) is 0.833. The van der Waals surface area contributed by atoms with E-state index in [0.717, 1.165) is 44.9 Å². The Morgan fingerprint density at radius 1 is 0.690 bits per heavy atom. The quantitative estimate of drug-likeness (QED) is 0.0699. The Morgan fingerprint density at radius 2 is 1.14 bits per heavy atom. The number of carbonyl (C=O) groups is 2. The predicted molar refractivity (Wildman–Crippen MR) is 118 cm³/mol. The van der Waals surface area contributed by atoms with E-state index >= 15 is 0 Å². The highest BCUT2D eigenvalue weighted by Gasteiger charge is 2.24. The van der Waals surface area contributed by atoms with Crippen molar-refractivity contribution in [3.63, 3.8) is 0 Å². The van der Waals surface area contributed by atoms with Crippen LogP contribution >= 0.6 is 0 Å². The first kappa shape index (κ1) is 27.6. The largest absolute Gasteiger partial charge is 0.511 e. The summed E-state index contributed by atoms with van der Waals surface area (Å²) in [5.74, 6) is -2.43. The lowest BCUT2D eigenvalue weighted by atomic mass is 9.98. The maximum atomic E-state index is 12.3. The summed E-state index contributed by atoms with van der Waals surface area (Å²) in [5, 5.41) is 29.5. The molecule has 0 fully saturated rings. The summed E-state index contributed by atoms with van der Waals surface area (Å²) in [7, 11) is 0. The van der Waals surface area contributed by atoms with Gasteiger partial charge in [0.1, 0.15) is 11.3 Å². The van der Waals surface area contributed by atoms with Crippen LogP contribution in [0.1, 0.15) is 123 Å². The van der Waals surface area contributed by atoms with Gasteiger partial charge < -0.3 is 15.3 Å². The van der Waals surface area contributed by atoms with Crippen LogP contribution in [0.3, 0.4) is 0 Å². The van der Waals surface area contributed by atoms with Crippen molar-refractivity contribution in [1.82, 2.24) is 0 Å². The van der Waals surface area contributed by atoms with Crippen LogP contribution in [0.4, 0.5) is 0 Å². The summed E-state index contributed by atoms with van der Waals surface area (Å²) in [6.07, 6.45) is 15.0. The molecule has 0 aliphatic heterocycles. The van der Waals surface area contributed by atoms with Gasteiger partial charge in [0.15, 0.2) is 5.78 Å². The Kier molecular flexibility index (Phi) is 17.8. The minimum Gasteiger partial charge on any atom is -0.511 e. The highest BCUT2D eigenvalue weighted by Crippen LogP contribution is 2.17. The maximum Gasteiger partial charge on any atom is 0.342 e. The van der Waals surface area contributed by atoms with E-state index in [1.54, 1.807) is 0 Å². The van der Waals surface area contributed by atoms with E-state index in [-0.39, 0.29) is 18.6 Å². The fourth-order valence-electron chi connectivity index (χ4n) is 3.53. The fourth-order valence-corrected chi connectivity index (χ4v) is 3.53. The Hall–Kier alpha value is -1.36. The third kappa shape index (κ3) is 15.2.